The Hall–Kier alpha value is -2.38. The normalized spacial score (nSPS) is 10.8. The summed E-state index contributed by atoms with van der Waals surface area (Å²) in [5.74, 6) is 13.6. The number of aryl methyl sites for hydroxylation is 2. The predicted molar refractivity (Wildman–Crippen MR) is 187 cm³/mol. The lowest BCUT2D eigenvalue weighted by Gasteiger charge is -1.96. The third kappa shape index (κ3) is 9.05. The van der Waals surface area contributed by atoms with Crippen molar-refractivity contribution >= 4 is 56.7 Å². The molecule has 0 radical (unpaired) electrons. The highest BCUT2D eigenvalue weighted by Crippen LogP contribution is 2.39. The van der Waals surface area contributed by atoms with Gasteiger partial charge in [-0.2, -0.15) is 0 Å². The highest BCUT2D eigenvalue weighted by atomic mass is 32.1. The Balaban J connectivity index is 1.17. The van der Waals surface area contributed by atoms with Crippen molar-refractivity contribution in [2.75, 3.05) is 0 Å². The summed E-state index contributed by atoms with van der Waals surface area (Å²) >= 11 is 9.12. The van der Waals surface area contributed by atoms with E-state index >= 15 is 0 Å². The van der Waals surface area contributed by atoms with Gasteiger partial charge in [-0.1, -0.05) is 52.4 Å². The standard InChI is InChI=1S/C36H36S5/c1-3-5-7-9-11-27-13-15-29(37-27)17-19-31-21-23-33(39-31)35-25-26-36(41-35)34-24-22-32(40-34)20-18-30-16-14-28(38-30)12-10-8-6-4-2/h13-16,21-26H,3-12H2,1-2H3. The van der Waals surface area contributed by atoms with Gasteiger partial charge in [0.2, 0.25) is 0 Å². The van der Waals surface area contributed by atoms with Crippen molar-refractivity contribution in [3.8, 4) is 43.2 Å². The van der Waals surface area contributed by atoms with Crippen LogP contribution in [0.4, 0.5) is 0 Å². The van der Waals surface area contributed by atoms with Crippen molar-refractivity contribution in [1.29, 1.82) is 0 Å². The highest BCUT2D eigenvalue weighted by Gasteiger charge is 2.09. The first-order chi connectivity index (χ1) is 20.2. The lowest BCUT2D eigenvalue weighted by molar-refractivity contribution is 0.670. The van der Waals surface area contributed by atoms with Gasteiger partial charge in [0.1, 0.15) is 0 Å². The second kappa shape index (κ2) is 15.7. The van der Waals surface area contributed by atoms with E-state index in [2.05, 4.69) is 98.2 Å². The van der Waals surface area contributed by atoms with Crippen LogP contribution in [0.5, 0.6) is 0 Å². The summed E-state index contributed by atoms with van der Waals surface area (Å²) < 4.78 is 0. The average molecular weight is 629 g/mol. The third-order valence-corrected chi connectivity index (χ3v) is 12.4. The van der Waals surface area contributed by atoms with Crippen molar-refractivity contribution in [2.24, 2.45) is 0 Å². The van der Waals surface area contributed by atoms with E-state index in [-0.39, 0.29) is 0 Å². The molecule has 5 heterocycles. The maximum Gasteiger partial charge on any atom is 0.0779 e. The minimum atomic E-state index is 1.12. The van der Waals surface area contributed by atoms with Crippen molar-refractivity contribution in [1.82, 2.24) is 0 Å². The molecule has 0 atom stereocenters. The van der Waals surface area contributed by atoms with E-state index in [9.17, 15) is 0 Å². The van der Waals surface area contributed by atoms with E-state index in [4.69, 9.17) is 0 Å². The van der Waals surface area contributed by atoms with E-state index in [1.807, 2.05) is 34.0 Å². The van der Waals surface area contributed by atoms with Gasteiger partial charge in [0.05, 0.1) is 19.5 Å². The summed E-state index contributed by atoms with van der Waals surface area (Å²) in [6, 6.07) is 22.1. The van der Waals surface area contributed by atoms with Gasteiger partial charge in [0.25, 0.3) is 0 Å². The molecule has 0 saturated heterocycles. The summed E-state index contributed by atoms with van der Waals surface area (Å²) in [5, 5.41) is 0. The van der Waals surface area contributed by atoms with Crippen LogP contribution in [0.2, 0.25) is 0 Å². The average Bonchev–Trinajstić information content (AvgIpc) is 3.82. The van der Waals surface area contributed by atoms with Crippen LogP contribution in [0.3, 0.4) is 0 Å². The monoisotopic (exact) mass is 628 g/mol. The number of rotatable bonds is 12. The van der Waals surface area contributed by atoms with Crippen LogP contribution in [-0.2, 0) is 12.8 Å². The van der Waals surface area contributed by atoms with Crippen molar-refractivity contribution in [3.63, 3.8) is 0 Å². The Bertz CT molecular complexity index is 1520. The molecule has 0 unspecified atom stereocenters. The van der Waals surface area contributed by atoms with Gasteiger partial charge in [-0.3, -0.25) is 0 Å². The molecule has 5 aromatic rings. The molecule has 0 aliphatic rings. The SMILES string of the molecule is CCCCCCc1ccc(C#Cc2ccc(-c3ccc(-c4ccc(C#Cc5ccc(CCCCCC)s5)s4)s3)s2)s1. The van der Waals surface area contributed by atoms with Crippen LogP contribution < -0.4 is 0 Å². The topological polar surface area (TPSA) is 0 Å². The van der Waals surface area contributed by atoms with Gasteiger partial charge in [0, 0.05) is 29.3 Å². The zero-order valence-electron chi connectivity index (χ0n) is 23.9. The summed E-state index contributed by atoms with van der Waals surface area (Å²) in [6.07, 6.45) is 12.8. The van der Waals surface area contributed by atoms with Gasteiger partial charge >= 0.3 is 0 Å². The fraction of sp³-hybridized carbons (Fsp3) is 0.333. The van der Waals surface area contributed by atoms with Crippen LogP contribution >= 0.6 is 56.7 Å². The maximum atomic E-state index is 3.40. The molecule has 0 aliphatic carbocycles. The molecule has 5 aromatic heterocycles. The van der Waals surface area contributed by atoms with Crippen molar-refractivity contribution < 1.29 is 0 Å². The van der Waals surface area contributed by atoms with E-state index in [1.54, 1.807) is 22.7 Å². The molecule has 0 amide bonds. The van der Waals surface area contributed by atoms with Crippen LogP contribution in [-0.4, -0.2) is 0 Å². The van der Waals surface area contributed by atoms with Gasteiger partial charge < -0.3 is 0 Å². The molecular formula is C36H36S5. The first-order valence-corrected chi connectivity index (χ1v) is 18.8. The smallest absolute Gasteiger partial charge is 0.0779 e. The summed E-state index contributed by atoms with van der Waals surface area (Å²) in [4.78, 5) is 12.7. The second-order valence-electron chi connectivity index (χ2n) is 10.1. The number of hydrogen-bond acceptors (Lipinski definition) is 5. The maximum absolute atomic E-state index is 3.40. The predicted octanol–water partition coefficient (Wildman–Crippen LogP) is 12.4. The van der Waals surface area contributed by atoms with Crippen LogP contribution in [0.1, 0.15) is 94.5 Å². The summed E-state index contributed by atoms with van der Waals surface area (Å²) in [7, 11) is 0. The highest BCUT2D eigenvalue weighted by molar-refractivity contribution is 7.26. The van der Waals surface area contributed by atoms with Crippen LogP contribution in [0.25, 0.3) is 19.5 Å². The summed E-state index contributed by atoms with van der Waals surface area (Å²) in [6.45, 7) is 4.53. The van der Waals surface area contributed by atoms with Crippen molar-refractivity contribution in [3.05, 3.63) is 89.9 Å². The minimum absolute atomic E-state index is 1.12. The minimum Gasteiger partial charge on any atom is -0.134 e. The number of hydrogen-bond donors (Lipinski definition) is 0. The first kappa shape index (κ1) is 30.1. The molecule has 0 fully saturated rings. The zero-order valence-corrected chi connectivity index (χ0v) is 28.0. The van der Waals surface area contributed by atoms with Crippen LogP contribution in [0.15, 0.2) is 60.7 Å². The van der Waals surface area contributed by atoms with E-state index < -0.39 is 0 Å². The fourth-order valence-electron chi connectivity index (χ4n) is 4.54. The zero-order chi connectivity index (χ0) is 28.3. The molecule has 0 spiro atoms. The second-order valence-corrected chi connectivity index (χ2v) is 15.7. The lowest BCUT2D eigenvalue weighted by Crippen LogP contribution is -1.80. The Labute approximate surface area is 266 Å². The van der Waals surface area contributed by atoms with Gasteiger partial charge in [-0.15, -0.1) is 56.7 Å². The Morgan fingerprint density at radius 2 is 0.756 bits per heavy atom. The molecule has 0 aliphatic heterocycles. The fourth-order valence-corrected chi connectivity index (χ4v) is 9.25. The Kier molecular flexibility index (Phi) is 11.5. The number of unbranched alkanes of at least 4 members (excludes halogenated alkanes) is 6. The molecule has 5 heteroatoms. The Morgan fingerprint density at radius 3 is 1.20 bits per heavy atom. The van der Waals surface area contributed by atoms with E-state index in [0.717, 1.165) is 9.75 Å². The van der Waals surface area contributed by atoms with Gasteiger partial charge in [-0.05, 0) is 110 Å². The molecular weight excluding hydrogens is 593 g/mol. The number of thiophene rings is 5. The lowest BCUT2D eigenvalue weighted by atomic mass is 10.1. The van der Waals surface area contributed by atoms with E-state index in [1.165, 1.54) is 103 Å². The van der Waals surface area contributed by atoms with Crippen LogP contribution in [0, 0.1) is 23.7 Å². The largest absolute Gasteiger partial charge is 0.134 e. The van der Waals surface area contributed by atoms with Gasteiger partial charge in [0.15, 0.2) is 0 Å². The molecule has 41 heavy (non-hydrogen) atoms. The molecule has 0 saturated carbocycles. The first-order valence-electron chi connectivity index (χ1n) is 14.7. The molecule has 0 aromatic carbocycles. The van der Waals surface area contributed by atoms with Gasteiger partial charge in [-0.25, -0.2) is 0 Å². The third-order valence-electron chi connectivity index (χ3n) is 6.80. The quantitative estimate of drug-likeness (QED) is 0.0952. The molecule has 0 bridgehead atoms. The van der Waals surface area contributed by atoms with Crippen molar-refractivity contribution in [2.45, 2.75) is 78.1 Å². The molecule has 0 N–H and O–H groups in total. The molecule has 0 nitrogen and oxygen atoms in total. The molecule has 5 rings (SSSR count). The molecule has 210 valence electrons. The van der Waals surface area contributed by atoms with E-state index in [0.29, 0.717) is 0 Å². The summed E-state index contributed by atoms with van der Waals surface area (Å²) in [5.41, 5.74) is 0. The Morgan fingerprint density at radius 1 is 0.390 bits per heavy atom.